The first-order valence-corrected chi connectivity index (χ1v) is 6.08. The highest BCUT2D eigenvalue weighted by Crippen LogP contribution is 2.30. The van der Waals surface area contributed by atoms with Crippen LogP contribution in [0.4, 0.5) is 0 Å². The van der Waals surface area contributed by atoms with Gasteiger partial charge >= 0.3 is 0 Å². The maximum atomic E-state index is 10.5. The Kier molecular flexibility index (Phi) is 3.80. The Balaban J connectivity index is 2.60. The minimum Gasteiger partial charge on any atom is -0.490 e. The van der Waals surface area contributed by atoms with Crippen molar-refractivity contribution in [3.8, 4) is 5.75 Å². The van der Waals surface area contributed by atoms with E-state index in [9.17, 15) is 10.1 Å². The molecule has 0 aliphatic heterocycles. The largest absolute Gasteiger partial charge is 0.490 e. The van der Waals surface area contributed by atoms with Gasteiger partial charge in [-0.15, -0.1) is 0 Å². The molecule has 0 heterocycles. The van der Waals surface area contributed by atoms with Crippen molar-refractivity contribution in [1.29, 1.82) is 0 Å². The summed E-state index contributed by atoms with van der Waals surface area (Å²) in [5.41, 5.74) is 0.739. The summed E-state index contributed by atoms with van der Waals surface area (Å²) in [5.74, 6) is 0.659. The second-order valence-corrected chi connectivity index (χ2v) is 4.47. The highest BCUT2D eigenvalue weighted by Gasteiger charge is 2.08. The van der Waals surface area contributed by atoms with Gasteiger partial charge < -0.3 is 4.74 Å². The van der Waals surface area contributed by atoms with E-state index in [1.807, 2.05) is 50.2 Å². The molecule has 0 saturated heterocycles. The van der Waals surface area contributed by atoms with E-state index in [1.54, 1.807) is 0 Å². The zero-order valence-electron chi connectivity index (χ0n) is 10.9. The van der Waals surface area contributed by atoms with Gasteiger partial charge in [0.15, 0.2) is 0 Å². The maximum absolute atomic E-state index is 10.5. The summed E-state index contributed by atoms with van der Waals surface area (Å²) in [5, 5.41) is 12.5. The number of nitro groups is 1. The molecule has 0 aromatic heterocycles. The summed E-state index contributed by atoms with van der Waals surface area (Å²) in [7, 11) is 0. The Hall–Kier alpha value is -2.36. The second-order valence-electron chi connectivity index (χ2n) is 4.47. The van der Waals surface area contributed by atoms with Crippen molar-refractivity contribution in [3.63, 3.8) is 0 Å². The van der Waals surface area contributed by atoms with Crippen LogP contribution < -0.4 is 4.74 Å². The summed E-state index contributed by atoms with van der Waals surface area (Å²) in [6, 6.07) is 11.6. The van der Waals surface area contributed by atoms with Crippen molar-refractivity contribution in [2.45, 2.75) is 20.0 Å². The fourth-order valence-electron chi connectivity index (χ4n) is 1.94. The van der Waals surface area contributed by atoms with E-state index in [0.717, 1.165) is 22.5 Å². The van der Waals surface area contributed by atoms with E-state index in [0.29, 0.717) is 5.75 Å². The molecule has 0 atom stereocenters. The van der Waals surface area contributed by atoms with Crippen LogP contribution >= 0.6 is 0 Å². The minimum absolute atomic E-state index is 0.0175. The van der Waals surface area contributed by atoms with Crippen molar-refractivity contribution in [2.75, 3.05) is 0 Å². The predicted octanol–water partition coefficient (Wildman–Crippen LogP) is 3.87. The number of rotatable bonds is 4. The maximum Gasteiger partial charge on any atom is 0.235 e. The zero-order chi connectivity index (χ0) is 13.8. The lowest BCUT2D eigenvalue weighted by Crippen LogP contribution is -2.06. The van der Waals surface area contributed by atoms with Gasteiger partial charge in [-0.05, 0) is 30.7 Å². The molecule has 2 aromatic carbocycles. The molecule has 98 valence electrons. The molecule has 2 rings (SSSR count). The first kappa shape index (κ1) is 13.1. The number of hydrogen-bond acceptors (Lipinski definition) is 3. The van der Waals surface area contributed by atoms with E-state index in [4.69, 9.17) is 4.74 Å². The molecule has 0 saturated carbocycles. The van der Waals surface area contributed by atoms with Crippen LogP contribution in [-0.2, 0) is 0 Å². The molecule has 0 amide bonds. The van der Waals surface area contributed by atoms with Crippen molar-refractivity contribution in [1.82, 2.24) is 0 Å². The Morgan fingerprint density at radius 1 is 1.21 bits per heavy atom. The van der Waals surface area contributed by atoms with E-state index in [1.165, 1.54) is 6.08 Å². The topological polar surface area (TPSA) is 52.4 Å². The van der Waals surface area contributed by atoms with Crippen molar-refractivity contribution in [2.24, 2.45) is 0 Å². The van der Waals surface area contributed by atoms with Gasteiger partial charge in [0.2, 0.25) is 6.20 Å². The SMILES string of the molecule is CC(C)Oc1ccc2ccccc2c1/C=C/[N+](=O)[O-]. The normalized spacial score (nSPS) is 11.3. The third-order valence-electron chi connectivity index (χ3n) is 2.66. The van der Waals surface area contributed by atoms with E-state index in [2.05, 4.69) is 0 Å². The Bertz CT molecular complexity index is 632. The average Bonchev–Trinajstić information content (AvgIpc) is 2.36. The first-order chi connectivity index (χ1) is 9.08. The molecule has 0 radical (unpaired) electrons. The predicted molar refractivity (Wildman–Crippen MR) is 75.7 cm³/mol. The highest BCUT2D eigenvalue weighted by atomic mass is 16.6. The quantitative estimate of drug-likeness (QED) is 0.617. The van der Waals surface area contributed by atoms with Crippen LogP contribution in [0.3, 0.4) is 0 Å². The monoisotopic (exact) mass is 257 g/mol. The number of hydrogen-bond donors (Lipinski definition) is 0. The van der Waals surface area contributed by atoms with Crippen LogP contribution in [0.2, 0.25) is 0 Å². The molecule has 0 aliphatic rings. The molecule has 0 unspecified atom stereocenters. The summed E-state index contributed by atoms with van der Waals surface area (Å²) in [4.78, 5) is 10.0. The summed E-state index contributed by atoms with van der Waals surface area (Å²) < 4.78 is 5.71. The molecule has 4 heteroatoms. The molecule has 0 spiro atoms. The van der Waals surface area contributed by atoms with Gasteiger partial charge in [0.05, 0.1) is 11.0 Å². The van der Waals surface area contributed by atoms with E-state index in [-0.39, 0.29) is 6.10 Å². The summed E-state index contributed by atoms with van der Waals surface area (Å²) in [6.07, 6.45) is 2.44. The molecular formula is C15H15NO3. The van der Waals surface area contributed by atoms with Crippen molar-refractivity contribution in [3.05, 3.63) is 58.3 Å². The molecule has 0 bridgehead atoms. The summed E-state index contributed by atoms with van der Waals surface area (Å²) in [6.45, 7) is 3.85. The average molecular weight is 257 g/mol. The second kappa shape index (κ2) is 5.52. The van der Waals surface area contributed by atoms with Gasteiger partial charge in [0, 0.05) is 11.6 Å². The van der Waals surface area contributed by atoms with Gasteiger partial charge in [0.25, 0.3) is 0 Å². The number of fused-ring (bicyclic) bond motifs is 1. The lowest BCUT2D eigenvalue weighted by Gasteiger charge is -2.14. The molecule has 0 N–H and O–H groups in total. The third kappa shape index (κ3) is 3.10. The van der Waals surface area contributed by atoms with Crippen molar-refractivity contribution >= 4 is 16.8 Å². The highest BCUT2D eigenvalue weighted by molar-refractivity contribution is 5.93. The molecule has 19 heavy (non-hydrogen) atoms. The molecular weight excluding hydrogens is 242 g/mol. The lowest BCUT2D eigenvalue weighted by molar-refractivity contribution is -0.400. The van der Waals surface area contributed by atoms with Crippen molar-refractivity contribution < 1.29 is 9.66 Å². The molecule has 0 aliphatic carbocycles. The van der Waals surface area contributed by atoms with Gasteiger partial charge in [-0.2, -0.15) is 0 Å². The third-order valence-corrected chi connectivity index (χ3v) is 2.66. The lowest BCUT2D eigenvalue weighted by atomic mass is 10.0. The van der Waals surface area contributed by atoms with Gasteiger partial charge in [-0.3, -0.25) is 10.1 Å². The zero-order valence-corrected chi connectivity index (χ0v) is 10.9. The minimum atomic E-state index is -0.471. The van der Waals surface area contributed by atoms with Crippen LogP contribution in [0.15, 0.2) is 42.6 Å². The van der Waals surface area contributed by atoms with Crippen LogP contribution in [-0.4, -0.2) is 11.0 Å². The van der Waals surface area contributed by atoms with Gasteiger partial charge in [-0.25, -0.2) is 0 Å². The molecule has 2 aromatic rings. The fourth-order valence-corrected chi connectivity index (χ4v) is 1.94. The van der Waals surface area contributed by atoms with Crippen LogP contribution in [0, 0.1) is 10.1 Å². The molecule has 4 nitrogen and oxygen atoms in total. The Morgan fingerprint density at radius 3 is 2.63 bits per heavy atom. The van der Waals surface area contributed by atoms with Gasteiger partial charge in [-0.1, -0.05) is 30.3 Å². The number of nitrogens with zero attached hydrogens (tertiary/aromatic N) is 1. The fraction of sp³-hybridized carbons (Fsp3) is 0.200. The molecule has 0 fully saturated rings. The summed E-state index contributed by atoms with van der Waals surface area (Å²) >= 11 is 0. The smallest absolute Gasteiger partial charge is 0.235 e. The first-order valence-electron chi connectivity index (χ1n) is 6.08. The van der Waals surface area contributed by atoms with Crippen LogP contribution in [0.5, 0.6) is 5.75 Å². The Morgan fingerprint density at radius 2 is 1.95 bits per heavy atom. The van der Waals surface area contributed by atoms with Crippen LogP contribution in [0.1, 0.15) is 19.4 Å². The van der Waals surface area contributed by atoms with E-state index >= 15 is 0 Å². The van der Waals surface area contributed by atoms with Gasteiger partial charge in [0.1, 0.15) is 5.75 Å². The van der Waals surface area contributed by atoms with Crippen LogP contribution in [0.25, 0.3) is 16.8 Å². The van der Waals surface area contributed by atoms with E-state index < -0.39 is 4.92 Å². The standard InChI is InChI=1S/C15H15NO3/c1-11(2)19-15-8-7-12-5-3-4-6-13(12)14(15)9-10-16(17)18/h3-11H,1-2H3/b10-9+. The Labute approximate surface area is 111 Å². The number of ether oxygens (including phenoxy) is 1. The number of benzene rings is 2.